The van der Waals surface area contributed by atoms with Crippen molar-refractivity contribution >= 4 is 17.5 Å². The number of hydrogen-bond donors (Lipinski definition) is 1. The van der Waals surface area contributed by atoms with Crippen molar-refractivity contribution in [1.82, 2.24) is 15.1 Å². The van der Waals surface area contributed by atoms with E-state index in [-0.39, 0.29) is 11.3 Å². The molecule has 19 heavy (non-hydrogen) atoms. The van der Waals surface area contributed by atoms with Gasteiger partial charge in [-0.15, -0.1) is 11.6 Å². The topological polar surface area (TPSA) is 56.1 Å². The molecule has 0 saturated heterocycles. The molecular formula is C13H20ClN3O2. The highest BCUT2D eigenvalue weighted by Gasteiger charge is 2.24. The van der Waals surface area contributed by atoms with Crippen molar-refractivity contribution in [3.05, 3.63) is 11.8 Å². The standard InChI is InChI=1S/C13H20ClN3O2/c1-17-12(19-2)7-11(16-17)13(18)15-8-9-5-3-4-6-10(9)14/h7,9-10H,3-6,8H2,1-2H3,(H,15,18). The number of aromatic nitrogens is 2. The number of carbonyl (C=O) groups excluding carboxylic acids is 1. The molecule has 2 atom stereocenters. The van der Waals surface area contributed by atoms with Gasteiger partial charge in [-0.05, 0) is 18.8 Å². The molecule has 1 aliphatic rings. The Balaban J connectivity index is 1.89. The molecule has 1 fully saturated rings. The third kappa shape index (κ3) is 3.41. The molecule has 1 amide bonds. The van der Waals surface area contributed by atoms with Gasteiger partial charge in [0, 0.05) is 25.0 Å². The van der Waals surface area contributed by atoms with E-state index in [1.807, 2.05) is 0 Å². The summed E-state index contributed by atoms with van der Waals surface area (Å²) in [5, 5.41) is 7.19. The van der Waals surface area contributed by atoms with Crippen LogP contribution in [0.4, 0.5) is 0 Å². The monoisotopic (exact) mass is 285 g/mol. The summed E-state index contributed by atoms with van der Waals surface area (Å²) in [5.41, 5.74) is 0.376. The fourth-order valence-corrected chi connectivity index (χ4v) is 2.83. The van der Waals surface area contributed by atoms with Crippen molar-refractivity contribution in [2.45, 2.75) is 31.1 Å². The minimum atomic E-state index is -0.173. The van der Waals surface area contributed by atoms with Crippen LogP contribution in [0.15, 0.2) is 6.07 Å². The van der Waals surface area contributed by atoms with E-state index in [0.29, 0.717) is 24.0 Å². The van der Waals surface area contributed by atoms with E-state index in [9.17, 15) is 4.79 Å². The zero-order valence-electron chi connectivity index (χ0n) is 11.4. The summed E-state index contributed by atoms with van der Waals surface area (Å²) in [6.45, 7) is 0.617. The summed E-state index contributed by atoms with van der Waals surface area (Å²) in [6, 6.07) is 1.63. The molecule has 5 nitrogen and oxygen atoms in total. The normalized spacial score (nSPS) is 23.1. The predicted molar refractivity (Wildman–Crippen MR) is 73.7 cm³/mol. The van der Waals surface area contributed by atoms with Gasteiger partial charge in [0.05, 0.1) is 7.11 Å². The Morgan fingerprint density at radius 2 is 2.32 bits per heavy atom. The maximum Gasteiger partial charge on any atom is 0.271 e. The summed E-state index contributed by atoms with van der Waals surface area (Å²) in [4.78, 5) is 12.0. The van der Waals surface area contributed by atoms with Crippen LogP contribution in [0.2, 0.25) is 0 Å². The Bertz CT molecular complexity index is 447. The van der Waals surface area contributed by atoms with Crippen LogP contribution in [0.1, 0.15) is 36.2 Å². The number of hydrogen-bond acceptors (Lipinski definition) is 3. The smallest absolute Gasteiger partial charge is 0.271 e. The highest BCUT2D eigenvalue weighted by Crippen LogP contribution is 2.28. The highest BCUT2D eigenvalue weighted by molar-refractivity contribution is 6.20. The molecule has 1 N–H and O–H groups in total. The molecule has 1 aliphatic carbocycles. The Hall–Kier alpha value is -1.23. The zero-order valence-corrected chi connectivity index (χ0v) is 12.1. The van der Waals surface area contributed by atoms with Gasteiger partial charge in [-0.3, -0.25) is 4.79 Å². The largest absolute Gasteiger partial charge is 0.481 e. The summed E-state index contributed by atoms with van der Waals surface area (Å²) in [7, 11) is 3.30. The van der Waals surface area contributed by atoms with E-state index in [2.05, 4.69) is 10.4 Å². The fourth-order valence-electron chi connectivity index (χ4n) is 2.46. The highest BCUT2D eigenvalue weighted by atomic mass is 35.5. The van der Waals surface area contributed by atoms with Crippen LogP contribution in [-0.2, 0) is 7.05 Å². The van der Waals surface area contributed by atoms with Gasteiger partial charge >= 0.3 is 0 Å². The maximum absolute atomic E-state index is 12.0. The van der Waals surface area contributed by atoms with Gasteiger partial charge in [0.15, 0.2) is 5.69 Å². The second-order valence-electron chi connectivity index (χ2n) is 4.97. The van der Waals surface area contributed by atoms with E-state index >= 15 is 0 Å². The van der Waals surface area contributed by atoms with Crippen molar-refractivity contribution in [2.75, 3.05) is 13.7 Å². The molecule has 0 radical (unpaired) electrons. The van der Waals surface area contributed by atoms with Gasteiger partial charge in [-0.2, -0.15) is 5.10 Å². The first kappa shape index (κ1) is 14.2. The third-order valence-corrected chi connectivity index (χ3v) is 4.19. The zero-order chi connectivity index (χ0) is 13.8. The van der Waals surface area contributed by atoms with Crippen LogP contribution in [0.3, 0.4) is 0 Å². The van der Waals surface area contributed by atoms with Crippen LogP contribution >= 0.6 is 11.6 Å². The minimum Gasteiger partial charge on any atom is -0.481 e. The molecule has 1 aromatic rings. The average Bonchev–Trinajstić information content (AvgIpc) is 2.79. The summed E-state index contributed by atoms with van der Waals surface area (Å²) in [6.07, 6.45) is 4.51. The molecular weight excluding hydrogens is 266 g/mol. The van der Waals surface area contributed by atoms with E-state index in [4.69, 9.17) is 16.3 Å². The number of aryl methyl sites for hydroxylation is 1. The number of methoxy groups -OCH3 is 1. The quantitative estimate of drug-likeness (QED) is 0.861. The maximum atomic E-state index is 12.0. The van der Waals surface area contributed by atoms with Crippen molar-refractivity contribution < 1.29 is 9.53 Å². The number of nitrogens with zero attached hydrogens (tertiary/aromatic N) is 2. The Labute approximate surface area is 118 Å². The van der Waals surface area contributed by atoms with Gasteiger partial charge in [0.25, 0.3) is 5.91 Å². The minimum absolute atomic E-state index is 0.173. The van der Waals surface area contributed by atoms with Crippen LogP contribution in [-0.4, -0.2) is 34.7 Å². The SMILES string of the molecule is COc1cc(C(=O)NCC2CCCCC2Cl)nn1C. The van der Waals surface area contributed by atoms with Crippen LogP contribution in [0.5, 0.6) is 5.88 Å². The number of ether oxygens (including phenoxy) is 1. The van der Waals surface area contributed by atoms with Crippen molar-refractivity contribution in [3.63, 3.8) is 0 Å². The van der Waals surface area contributed by atoms with Crippen molar-refractivity contribution in [2.24, 2.45) is 13.0 Å². The molecule has 0 spiro atoms. The van der Waals surface area contributed by atoms with E-state index in [1.54, 1.807) is 24.9 Å². The molecule has 0 aliphatic heterocycles. The molecule has 0 aromatic carbocycles. The van der Waals surface area contributed by atoms with Gasteiger partial charge in [0.1, 0.15) is 0 Å². The second kappa shape index (κ2) is 6.28. The van der Waals surface area contributed by atoms with Crippen molar-refractivity contribution in [1.29, 1.82) is 0 Å². The van der Waals surface area contributed by atoms with Crippen LogP contribution in [0, 0.1) is 5.92 Å². The molecule has 6 heteroatoms. The molecule has 2 rings (SSSR count). The first-order chi connectivity index (χ1) is 9.11. The van der Waals surface area contributed by atoms with Gasteiger partial charge < -0.3 is 10.1 Å². The lowest BCUT2D eigenvalue weighted by Crippen LogP contribution is -2.34. The molecule has 106 valence electrons. The number of nitrogens with one attached hydrogen (secondary N) is 1. The van der Waals surface area contributed by atoms with Gasteiger partial charge in [-0.1, -0.05) is 12.8 Å². The molecule has 2 unspecified atom stereocenters. The lowest BCUT2D eigenvalue weighted by atomic mass is 9.89. The average molecular weight is 286 g/mol. The number of halogens is 1. The summed E-state index contributed by atoms with van der Waals surface area (Å²) < 4.78 is 6.63. The fraction of sp³-hybridized carbons (Fsp3) is 0.692. The van der Waals surface area contributed by atoms with Gasteiger partial charge in [0.2, 0.25) is 5.88 Å². The molecule has 1 aromatic heterocycles. The number of carbonyl (C=O) groups is 1. The number of rotatable bonds is 4. The lowest BCUT2D eigenvalue weighted by molar-refractivity contribution is 0.0938. The third-order valence-electron chi connectivity index (χ3n) is 3.62. The molecule has 0 bridgehead atoms. The number of alkyl halides is 1. The second-order valence-corrected chi connectivity index (χ2v) is 5.53. The Kier molecular flexibility index (Phi) is 4.69. The molecule has 1 saturated carbocycles. The summed E-state index contributed by atoms with van der Waals surface area (Å²) >= 11 is 6.27. The summed E-state index contributed by atoms with van der Waals surface area (Å²) in [5.74, 6) is 0.761. The number of amides is 1. The lowest BCUT2D eigenvalue weighted by Gasteiger charge is -2.26. The Morgan fingerprint density at radius 1 is 1.58 bits per heavy atom. The molecule has 1 heterocycles. The predicted octanol–water partition coefficient (Wildman–Crippen LogP) is 1.96. The van der Waals surface area contributed by atoms with Crippen LogP contribution in [0.25, 0.3) is 0 Å². The van der Waals surface area contributed by atoms with E-state index < -0.39 is 0 Å². The first-order valence-electron chi connectivity index (χ1n) is 6.62. The van der Waals surface area contributed by atoms with E-state index in [1.165, 1.54) is 12.8 Å². The van der Waals surface area contributed by atoms with Gasteiger partial charge in [-0.25, -0.2) is 4.68 Å². The Morgan fingerprint density at radius 3 is 2.95 bits per heavy atom. The van der Waals surface area contributed by atoms with E-state index in [0.717, 1.165) is 12.8 Å². The first-order valence-corrected chi connectivity index (χ1v) is 7.05. The van der Waals surface area contributed by atoms with Crippen molar-refractivity contribution in [3.8, 4) is 5.88 Å². The van der Waals surface area contributed by atoms with Crippen LogP contribution < -0.4 is 10.1 Å².